The van der Waals surface area contributed by atoms with Gasteiger partial charge in [0.05, 0.1) is 5.70 Å². The summed E-state index contributed by atoms with van der Waals surface area (Å²) >= 11 is 2.11. The van der Waals surface area contributed by atoms with Crippen LogP contribution in [-0.2, 0) is 4.79 Å². The van der Waals surface area contributed by atoms with Crippen molar-refractivity contribution < 1.29 is 4.79 Å². The number of hydrogen-bond acceptors (Lipinski definition) is 3. The Morgan fingerprint density at radius 2 is 2.00 bits per heavy atom. The number of carbonyl (C=O) groups excluding carboxylic acids is 1. The van der Waals surface area contributed by atoms with Crippen LogP contribution in [0.2, 0.25) is 0 Å². The molecule has 62 valence electrons. The molecule has 0 atom stereocenters. The monoisotopic (exact) mass is 266 g/mol. The van der Waals surface area contributed by atoms with Gasteiger partial charge in [-0.2, -0.15) is 0 Å². The van der Waals surface area contributed by atoms with Gasteiger partial charge in [0, 0.05) is 5.70 Å². The number of allylic oxidation sites excluding steroid dienone is 3. The molecule has 0 saturated carbocycles. The van der Waals surface area contributed by atoms with Gasteiger partial charge in [-0.05, 0) is 39.0 Å². The molecule has 0 spiro atoms. The molecule has 4 heteroatoms. The number of rotatable bonds is 4. The summed E-state index contributed by atoms with van der Waals surface area (Å²) in [5, 5.41) is 0. The second-order valence-electron chi connectivity index (χ2n) is 2.12. The second-order valence-corrected chi connectivity index (χ2v) is 3.64. The highest BCUT2D eigenvalue weighted by Gasteiger charge is 1.97. The topological polar surface area (TPSA) is 69.1 Å². The molecule has 0 aliphatic heterocycles. The molecule has 4 N–H and O–H groups in total. The molecule has 0 aromatic heterocycles. The molecule has 0 aromatic rings. The van der Waals surface area contributed by atoms with E-state index < -0.39 is 0 Å². The van der Waals surface area contributed by atoms with Crippen molar-refractivity contribution in [1.82, 2.24) is 0 Å². The number of nitrogens with two attached hydrogens (primary N) is 2. The van der Waals surface area contributed by atoms with Crippen LogP contribution in [0.25, 0.3) is 0 Å². The minimum absolute atomic E-state index is 0.127. The normalized spacial score (nSPS) is 12.1. The summed E-state index contributed by atoms with van der Waals surface area (Å²) in [4.78, 5) is 10.1. The summed E-state index contributed by atoms with van der Waals surface area (Å²) in [6, 6.07) is 0. The third-order valence-electron chi connectivity index (χ3n) is 1.16. The average molecular weight is 266 g/mol. The zero-order chi connectivity index (χ0) is 8.85. The lowest BCUT2D eigenvalue weighted by atomic mass is 10.2. The summed E-state index contributed by atoms with van der Waals surface area (Å²) in [7, 11) is 0. The van der Waals surface area contributed by atoms with Crippen LogP contribution in [0.15, 0.2) is 21.6 Å². The Balaban J connectivity index is 3.95. The molecule has 11 heavy (non-hydrogen) atoms. The van der Waals surface area contributed by atoms with E-state index in [4.69, 9.17) is 11.5 Å². The Hall–Kier alpha value is -0.520. The van der Waals surface area contributed by atoms with E-state index >= 15 is 0 Å². The first-order valence-electron chi connectivity index (χ1n) is 3.10. The Bertz CT molecular complexity index is 199. The fourth-order valence-corrected chi connectivity index (χ4v) is 0.760. The van der Waals surface area contributed by atoms with Gasteiger partial charge in [0.2, 0.25) is 0 Å². The van der Waals surface area contributed by atoms with Gasteiger partial charge in [0.25, 0.3) is 0 Å². The molecule has 0 fully saturated rings. The van der Waals surface area contributed by atoms with Crippen molar-refractivity contribution in [3.63, 3.8) is 0 Å². The van der Waals surface area contributed by atoms with Crippen LogP contribution < -0.4 is 11.5 Å². The lowest BCUT2D eigenvalue weighted by Gasteiger charge is -2.00. The van der Waals surface area contributed by atoms with Gasteiger partial charge >= 0.3 is 0 Å². The molecule has 0 aromatic carbocycles. The number of hydrogen-bond donors (Lipinski definition) is 2. The largest absolute Gasteiger partial charge is 0.400 e. The van der Waals surface area contributed by atoms with Gasteiger partial charge in [-0.25, -0.2) is 0 Å². The van der Waals surface area contributed by atoms with Crippen LogP contribution >= 0.6 is 22.6 Å². The molecule has 0 heterocycles. The molecule has 0 saturated heterocycles. The maximum Gasteiger partial charge on any atom is 0.167 e. The van der Waals surface area contributed by atoms with Crippen LogP contribution in [0.5, 0.6) is 0 Å². The highest BCUT2D eigenvalue weighted by atomic mass is 127. The van der Waals surface area contributed by atoms with Gasteiger partial charge in [-0.1, -0.05) is 6.58 Å². The summed E-state index contributed by atoms with van der Waals surface area (Å²) in [6.45, 7) is 3.69. The van der Waals surface area contributed by atoms with Crippen molar-refractivity contribution in [2.24, 2.45) is 11.5 Å². The molecule has 0 amide bonds. The van der Waals surface area contributed by atoms with E-state index in [1.807, 2.05) is 0 Å². The Morgan fingerprint density at radius 1 is 1.45 bits per heavy atom. The molecule has 0 aliphatic rings. The van der Waals surface area contributed by atoms with Gasteiger partial charge in [0.1, 0.15) is 0 Å². The van der Waals surface area contributed by atoms with Crippen molar-refractivity contribution in [2.75, 3.05) is 0 Å². The summed E-state index contributed by atoms with van der Waals surface area (Å²) in [5.41, 5.74) is 11.3. The van der Waals surface area contributed by atoms with E-state index in [0.717, 1.165) is 10.0 Å². The maximum atomic E-state index is 10.1. The van der Waals surface area contributed by atoms with Gasteiger partial charge in [-0.15, -0.1) is 0 Å². The van der Waals surface area contributed by atoms with Crippen LogP contribution in [-0.4, -0.2) is 6.29 Å². The van der Waals surface area contributed by atoms with E-state index in [1.165, 1.54) is 0 Å². The predicted molar refractivity (Wildman–Crippen MR) is 53.9 cm³/mol. The minimum Gasteiger partial charge on any atom is -0.400 e. The molecule has 0 aliphatic carbocycles. The van der Waals surface area contributed by atoms with Crippen LogP contribution in [0, 0.1) is 0 Å². The fourth-order valence-electron chi connectivity index (χ4n) is 0.490. The molecule has 0 unspecified atom stereocenters. The molecule has 0 radical (unpaired) electrons. The smallest absolute Gasteiger partial charge is 0.167 e. The average Bonchev–Trinajstić information content (AvgIpc) is 1.98. The van der Waals surface area contributed by atoms with Gasteiger partial charge < -0.3 is 11.5 Å². The van der Waals surface area contributed by atoms with E-state index in [-0.39, 0.29) is 5.70 Å². The number of halogens is 1. The Morgan fingerprint density at radius 3 is 2.36 bits per heavy atom. The molecule has 3 nitrogen and oxygen atoms in total. The maximum absolute atomic E-state index is 10.1. The molecule has 0 rings (SSSR count). The van der Waals surface area contributed by atoms with Crippen LogP contribution in [0.1, 0.15) is 12.8 Å². The van der Waals surface area contributed by atoms with Crippen molar-refractivity contribution in [3.05, 3.63) is 21.6 Å². The Kier molecular flexibility index (Phi) is 4.93. The zero-order valence-electron chi connectivity index (χ0n) is 6.14. The van der Waals surface area contributed by atoms with E-state index in [2.05, 4.69) is 29.2 Å². The van der Waals surface area contributed by atoms with E-state index in [1.54, 1.807) is 0 Å². The zero-order valence-corrected chi connectivity index (χ0v) is 8.30. The SMILES string of the molecule is C=C(I)CC/C(N)=C(\N)C=O. The minimum atomic E-state index is 0.127. The van der Waals surface area contributed by atoms with Crippen molar-refractivity contribution in [1.29, 1.82) is 0 Å². The molecular weight excluding hydrogens is 255 g/mol. The standard InChI is InChI=1S/C7H11IN2O/c1-5(8)2-3-6(9)7(10)4-11/h4H,1-3,9-10H2/b7-6+. The summed E-state index contributed by atoms with van der Waals surface area (Å²) in [5.74, 6) is 0. The Labute approximate surface area is 79.7 Å². The summed E-state index contributed by atoms with van der Waals surface area (Å²) in [6.07, 6.45) is 1.93. The first kappa shape index (κ1) is 10.5. The third-order valence-corrected chi connectivity index (χ3v) is 1.70. The van der Waals surface area contributed by atoms with E-state index in [0.29, 0.717) is 18.4 Å². The third kappa shape index (κ3) is 4.83. The lowest BCUT2D eigenvalue weighted by molar-refractivity contribution is -0.105. The highest BCUT2D eigenvalue weighted by Crippen LogP contribution is 2.12. The summed E-state index contributed by atoms with van der Waals surface area (Å²) < 4.78 is 1.00. The predicted octanol–water partition coefficient (Wildman–Crippen LogP) is 1.04. The quantitative estimate of drug-likeness (QED) is 0.454. The van der Waals surface area contributed by atoms with Gasteiger partial charge in [0.15, 0.2) is 6.29 Å². The van der Waals surface area contributed by atoms with E-state index in [9.17, 15) is 4.79 Å². The number of aldehydes is 1. The first-order valence-corrected chi connectivity index (χ1v) is 4.18. The fraction of sp³-hybridized carbons (Fsp3) is 0.286. The van der Waals surface area contributed by atoms with Crippen molar-refractivity contribution >= 4 is 28.9 Å². The first-order chi connectivity index (χ1) is 5.07. The van der Waals surface area contributed by atoms with Crippen LogP contribution in [0.3, 0.4) is 0 Å². The van der Waals surface area contributed by atoms with Gasteiger partial charge in [-0.3, -0.25) is 4.79 Å². The highest BCUT2D eigenvalue weighted by molar-refractivity contribution is 14.1. The molecular formula is C7H11IN2O. The lowest BCUT2D eigenvalue weighted by Crippen LogP contribution is -2.10. The molecule has 0 bridgehead atoms. The van der Waals surface area contributed by atoms with Crippen molar-refractivity contribution in [2.45, 2.75) is 12.8 Å². The number of carbonyl (C=O) groups is 1. The van der Waals surface area contributed by atoms with Crippen LogP contribution in [0.4, 0.5) is 0 Å². The second kappa shape index (κ2) is 5.17. The van der Waals surface area contributed by atoms with Crippen molar-refractivity contribution in [3.8, 4) is 0 Å².